The Balaban J connectivity index is 1.61. The summed E-state index contributed by atoms with van der Waals surface area (Å²) in [6.07, 6.45) is 1.76. The Morgan fingerprint density at radius 3 is 2.27 bits per heavy atom. The van der Waals surface area contributed by atoms with Gasteiger partial charge in [0.1, 0.15) is 29.1 Å². The fraction of sp³-hybridized carbons (Fsp3) is 0.107. The first-order chi connectivity index (χ1) is 15.9. The SMILES string of the molecule is Cc1cc(C)c(-c2cc3sc(/C=C4\C(=O)c5ccccc5C4=C(C#N)C#N)cc3o2)c(C)c1. The lowest BCUT2D eigenvalue weighted by Gasteiger charge is -2.08. The van der Waals surface area contributed by atoms with Crippen LogP contribution in [-0.4, -0.2) is 5.78 Å². The minimum atomic E-state index is -0.180. The molecule has 0 N–H and O–H groups in total. The molecule has 2 heterocycles. The third-order valence-corrected chi connectivity index (χ3v) is 6.88. The number of carbonyl (C=O) groups excluding carboxylic acids is 1. The third kappa shape index (κ3) is 3.31. The molecule has 0 spiro atoms. The lowest BCUT2D eigenvalue weighted by atomic mass is 9.98. The van der Waals surface area contributed by atoms with Gasteiger partial charge in [-0.15, -0.1) is 11.3 Å². The number of furan rings is 1. The van der Waals surface area contributed by atoms with Gasteiger partial charge in [-0.1, -0.05) is 42.0 Å². The number of nitriles is 2. The van der Waals surface area contributed by atoms with Crippen LogP contribution in [0.15, 0.2) is 64.1 Å². The first-order valence-corrected chi connectivity index (χ1v) is 11.2. The van der Waals surface area contributed by atoms with E-state index in [0.29, 0.717) is 22.3 Å². The number of thiophene rings is 1. The maximum absolute atomic E-state index is 13.1. The maximum Gasteiger partial charge on any atom is 0.194 e. The van der Waals surface area contributed by atoms with Crippen LogP contribution in [0, 0.1) is 43.4 Å². The summed E-state index contributed by atoms with van der Waals surface area (Å²) in [6, 6.07) is 19.2. The first kappa shape index (κ1) is 20.7. The lowest BCUT2D eigenvalue weighted by molar-refractivity contribution is 0.104. The van der Waals surface area contributed by atoms with E-state index < -0.39 is 0 Å². The molecule has 0 amide bonds. The summed E-state index contributed by atoms with van der Waals surface area (Å²) in [4.78, 5) is 13.9. The molecule has 5 heteroatoms. The van der Waals surface area contributed by atoms with Crippen molar-refractivity contribution in [2.24, 2.45) is 0 Å². The van der Waals surface area contributed by atoms with Crippen LogP contribution in [0.4, 0.5) is 0 Å². The van der Waals surface area contributed by atoms with Crippen molar-refractivity contribution < 1.29 is 9.21 Å². The Kier molecular flexibility index (Phi) is 4.86. The van der Waals surface area contributed by atoms with E-state index in [-0.39, 0.29) is 11.4 Å². The minimum absolute atomic E-state index is 0.0626. The fourth-order valence-electron chi connectivity index (χ4n) is 4.61. The lowest BCUT2D eigenvalue weighted by Crippen LogP contribution is -1.95. The number of ketones is 1. The largest absolute Gasteiger partial charge is 0.455 e. The summed E-state index contributed by atoms with van der Waals surface area (Å²) in [5.74, 6) is 0.645. The van der Waals surface area contributed by atoms with Crippen LogP contribution in [0.2, 0.25) is 0 Å². The van der Waals surface area contributed by atoms with Gasteiger partial charge in [0.05, 0.1) is 4.70 Å². The topological polar surface area (TPSA) is 77.8 Å². The molecule has 4 aromatic rings. The van der Waals surface area contributed by atoms with Crippen molar-refractivity contribution in [3.8, 4) is 23.5 Å². The number of benzene rings is 2. The van der Waals surface area contributed by atoms with Crippen LogP contribution in [0.1, 0.15) is 37.5 Å². The van der Waals surface area contributed by atoms with Crippen LogP contribution in [-0.2, 0) is 0 Å². The van der Waals surface area contributed by atoms with Crippen molar-refractivity contribution in [3.63, 3.8) is 0 Å². The summed E-state index contributed by atoms with van der Waals surface area (Å²) < 4.78 is 7.16. The molecule has 5 rings (SSSR count). The normalized spacial score (nSPS) is 13.9. The van der Waals surface area contributed by atoms with E-state index in [2.05, 4.69) is 32.9 Å². The molecule has 2 aromatic carbocycles. The van der Waals surface area contributed by atoms with Gasteiger partial charge in [0.2, 0.25) is 0 Å². The average Bonchev–Trinajstić information content (AvgIpc) is 3.41. The van der Waals surface area contributed by atoms with Gasteiger partial charge in [-0.25, -0.2) is 0 Å². The number of hydrogen-bond donors (Lipinski definition) is 0. The number of hydrogen-bond acceptors (Lipinski definition) is 5. The van der Waals surface area contributed by atoms with E-state index >= 15 is 0 Å². The molecule has 0 saturated heterocycles. The molecule has 0 atom stereocenters. The number of nitrogens with zero attached hydrogens (tertiary/aromatic N) is 2. The molecule has 0 unspecified atom stereocenters. The van der Waals surface area contributed by atoms with Gasteiger partial charge in [-0.2, -0.15) is 10.5 Å². The third-order valence-electron chi connectivity index (χ3n) is 5.86. The second-order valence-corrected chi connectivity index (χ2v) is 9.28. The predicted octanol–water partition coefficient (Wildman–Crippen LogP) is 7.17. The Hall–Kier alpha value is -4.19. The van der Waals surface area contributed by atoms with E-state index in [1.54, 1.807) is 30.3 Å². The Morgan fingerprint density at radius 2 is 1.64 bits per heavy atom. The van der Waals surface area contributed by atoms with Crippen molar-refractivity contribution >= 4 is 39.1 Å². The van der Waals surface area contributed by atoms with Gasteiger partial charge in [-0.3, -0.25) is 4.79 Å². The summed E-state index contributed by atoms with van der Waals surface area (Å²) in [7, 11) is 0. The number of fused-ring (bicyclic) bond motifs is 2. The van der Waals surface area contributed by atoms with Crippen molar-refractivity contribution in [2.75, 3.05) is 0 Å². The highest BCUT2D eigenvalue weighted by molar-refractivity contribution is 7.19. The average molecular weight is 447 g/mol. The molecular formula is C28H18N2O2S. The van der Waals surface area contributed by atoms with Crippen LogP contribution < -0.4 is 0 Å². The van der Waals surface area contributed by atoms with Crippen molar-refractivity contribution in [1.29, 1.82) is 10.5 Å². The van der Waals surface area contributed by atoms with Gasteiger partial charge in [0.15, 0.2) is 5.78 Å². The summed E-state index contributed by atoms with van der Waals surface area (Å²) in [5.41, 5.74) is 7.24. The fourth-order valence-corrected chi connectivity index (χ4v) is 5.57. The highest BCUT2D eigenvalue weighted by atomic mass is 32.1. The number of rotatable bonds is 2. The van der Waals surface area contributed by atoms with Gasteiger partial charge >= 0.3 is 0 Å². The quantitative estimate of drug-likeness (QED) is 0.242. The van der Waals surface area contributed by atoms with Crippen LogP contribution in [0.3, 0.4) is 0 Å². The number of carbonyl (C=O) groups is 1. The zero-order valence-corrected chi connectivity index (χ0v) is 19.1. The van der Waals surface area contributed by atoms with Crippen molar-refractivity contribution in [1.82, 2.24) is 0 Å². The van der Waals surface area contributed by atoms with Crippen LogP contribution in [0.25, 0.3) is 33.3 Å². The van der Waals surface area contributed by atoms with Crippen LogP contribution >= 0.6 is 11.3 Å². The number of allylic oxidation sites excluding steroid dienone is 3. The molecule has 0 fully saturated rings. The molecule has 0 aliphatic heterocycles. The maximum atomic E-state index is 13.1. The van der Waals surface area contributed by atoms with E-state index in [1.165, 1.54) is 28.0 Å². The zero-order valence-electron chi connectivity index (χ0n) is 18.3. The molecule has 0 saturated carbocycles. The monoisotopic (exact) mass is 446 g/mol. The molecule has 2 aromatic heterocycles. The molecule has 0 radical (unpaired) electrons. The van der Waals surface area contributed by atoms with Gasteiger partial charge in [-0.05, 0) is 49.6 Å². The van der Waals surface area contributed by atoms with E-state index in [9.17, 15) is 15.3 Å². The molecule has 4 nitrogen and oxygen atoms in total. The second-order valence-electron chi connectivity index (χ2n) is 8.17. The number of aryl methyl sites for hydroxylation is 3. The van der Waals surface area contributed by atoms with E-state index in [0.717, 1.165) is 26.5 Å². The summed E-state index contributed by atoms with van der Waals surface area (Å²) >= 11 is 1.51. The van der Waals surface area contributed by atoms with Gasteiger partial charge < -0.3 is 4.42 Å². The molecule has 1 aliphatic carbocycles. The zero-order chi connectivity index (χ0) is 23.3. The van der Waals surface area contributed by atoms with Crippen LogP contribution in [0.5, 0.6) is 0 Å². The predicted molar refractivity (Wildman–Crippen MR) is 131 cm³/mol. The standard InChI is InChI=1S/C28H18N2O2S/c1-15-8-16(2)26(17(3)9-15)24-12-25-23(32-24)11-19(33-25)10-22-27(18(13-29)14-30)20-6-4-5-7-21(20)28(22)31/h4-12H,1-3H3/b22-10-. The smallest absolute Gasteiger partial charge is 0.194 e. The summed E-state index contributed by atoms with van der Waals surface area (Å²) in [5, 5.41) is 19.0. The van der Waals surface area contributed by atoms with Crippen molar-refractivity contribution in [2.45, 2.75) is 20.8 Å². The molecule has 0 bridgehead atoms. The molecule has 1 aliphatic rings. The Labute approximate surface area is 195 Å². The first-order valence-electron chi connectivity index (χ1n) is 10.4. The van der Waals surface area contributed by atoms with E-state index in [4.69, 9.17) is 4.42 Å². The highest BCUT2D eigenvalue weighted by Crippen LogP contribution is 2.42. The number of Topliss-reactive ketones (excluding diaryl/α,β-unsaturated/α-hetero) is 1. The van der Waals surface area contributed by atoms with Gasteiger partial charge in [0.25, 0.3) is 0 Å². The Morgan fingerprint density at radius 1 is 0.970 bits per heavy atom. The second kappa shape index (κ2) is 7.74. The summed E-state index contributed by atoms with van der Waals surface area (Å²) in [6.45, 7) is 6.25. The minimum Gasteiger partial charge on any atom is -0.455 e. The van der Waals surface area contributed by atoms with E-state index in [1.807, 2.05) is 24.3 Å². The molecule has 33 heavy (non-hydrogen) atoms. The molecular weight excluding hydrogens is 428 g/mol. The highest BCUT2D eigenvalue weighted by Gasteiger charge is 2.32. The van der Waals surface area contributed by atoms with Crippen molar-refractivity contribution in [3.05, 3.63) is 92.4 Å². The molecule has 158 valence electrons. The van der Waals surface area contributed by atoms with Gasteiger partial charge in [0, 0.05) is 33.2 Å². The Bertz CT molecular complexity index is 1560.